The fraction of sp³-hybridized carbons (Fsp3) is 0.417. The summed E-state index contributed by atoms with van der Waals surface area (Å²) in [5.74, 6) is 0.00241. The second kappa shape index (κ2) is 6.53. The highest BCUT2D eigenvalue weighted by Gasteiger charge is 2.17. The maximum absolute atomic E-state index is 11.4. The molecule has 0 aliphatic heterocycles. The van der Waals surface area contributed by atoms with Crippen LogP contribution in [0.4, 0.5) is 0 Å². The molecule has 0 spiro atoms. The van der Waals surface area contributed by atoms with Crippen LogP contribution in [0.1, 0.15) is 35.2 Å². The number of carbonyl (C=O) groups is 1. The lowest BCUT2D eigenvalue weighted by Gasteiger charge is -2.07. The number of H-pyrrole nitrogens is 1. The van der Waals surface area contributed by atoms with Gasteiger partial charge >= 0.3 is 11.7 Å². The molecular weight excluding hydrogens is 294 g/mol. The number of aromatic carboxylic acids is 1. The zero-order valence-electron chi connectivity index (χ0n) is 11.7. The predicted octanol–water partition coefficient (Wildman–Crippen LogP) is 1.07. The second-order valence-electron chi connectivity index (χ2n) is 4.34. The topological polar surface area (TPSA) is 114 Å². The first-order chi connectivity index (χ1) is 10.0. The van der Waals surface area contributed by atoms with Gasteiger partial charge in [0.15, 0.2) is 0 Å². The van der Waals surface area contributed by atoms with Crippen LogP contribution in [0.3, 0.4) is 0 Å². The van der Waals surface area contributed by atoms with Gasteiger partial charge in [-0.2, -0.15) is 10.1 Å². The van der Waals surface area contributed by atoms with Crippen LogP contribution in [0.2, 0.25) is 0 Å². The van der Waals surface area contributed by atoms with Gasteiger partial charge in [-0.05, 0) is 13.3 Å². The maximum Gasteiger partial charge on any atom is 0.346 e. The number of rotatable bonds is 6. The van der Waals surface area contributed by atoms with Crippen molar-refractivity contribution in [3.63, 3.8) is 0 Å². The minimum atomic E-state index is -1.12. The van der Waals surface area contributed by atoms with Gasteiger partial charge in [-0.15, -0.1) is 0 Å². The molecule has 9 heteroatoms. The molecule has 2 aromatic rings. The van der Waals surface area contributed by atoms with Crippen LogP contribution in [0.25, 0.3) is 0 Å². The molecule has 0 saturated heterocycles. The lowest BCUT2D eigenvalue weighted by atomic mass is 10.2. The van der Waals surface area contributed by atoms with E-state index in [0.29, 0.717) is 11.4 Å². The minimum absolute atomic E-state index is 0.0150. The van der Waals surface area contributed by atoms with E-state index in [4.69, 9.17) is 0 Å². The number of aromatic amines is 1. The Morgan fingerprint density at radius 3 is 2.95 bits per heavy atom. The van der Waals surface area contributed by atoms with Crippen LogP contribution in [-0.2, 0) is 12.3 Å². The first-order valence-corrected chi connectivity index (χ1v) is 7.35. The fourth-order valence-electron chi connectivity index (χ4n) is 1.85. The Kier molecular flexibility index (Phi) is 4.73. The zero-order valence-corrected chi connectivity index (χ0v) is 12.5. The third-order valence-electron chi connectivity index (χ3n) is 2.77. The molecule has 2 heterocycles. The Balaban J connectivity index is 2.25. The average Bonchev–Trinajstić information content (AvgIpc) is 2.83. The van der Waals surface area contributed by atoms with Crippen LogP contribution in [-0.4, -0.2) is 35.8 Å². The number of carboxylic acids is 1. The predicted molar refractivity (Wildman–Crippen MR) is 76.4 cm³/mol. The van der Waals surface area contributed by atoms with Gasteiger partial charge in [0, 0.05) is 12.2 Å². The van der Waals surface area contributed by atoms with E-state index in [1.807, 2.05) is 6.92 Å². The normalized spacial score (nSPS) is 10.8. The van der Waals surface area contributed by atoms with Gasteiger partial charge in [0.2, 0.25) is 0 Å². The summed E-state index contributed by atoms with van der Waals surface area (Å²) in [5, 5.41) is 13.5. The van der Waals surface area contributed by atoms with Crippen molar-refractivity contribution in [2.24, 2.45) is 0 Å². The first kappa shape index (κ1) is 15.2. The molecule has 0 aromatic carbocycles. The molecule has 0 bridgehead atoms. The number of hydrogen-bond acceptors (Lipinski definition) is 6. The molecule has 21 heavy (non-hydrogen) atoms. The molecule has 0 aliphatic carbocycles. The largest absolute Gasteiger partial charge is 0.478 e. The monoisotopic (exact) mass is 309 g/mol. The van der Waals surface area contributed by atoms with Crippen molar-refractivity contribution in [1.82, 2.24) is 24.7 Å². The van der Waals surface area contributed by atoms with E-state index in [9.17, 15) is 14.7 Å². The molecule has 0 unspecified atom stereocenters. The Labute approximate surface area is 124 Å². The maximum atomic E-state index is 11.4. The lowest BCUT2D eigenvalue weighted by Crippen LogP contribution is -2.18. The SMILES string of the molecule is CCCn1ncnc1CSc1nc(=O)[nH]c(C)c1C(=O)O. The van der Waals surface area contributed by atoms with Gasteiger partial charge < -0.3 is 10.1 Å². The molecule has 0 saturated carbocycles. The number of hydrogen-bond donors (Lipinski definition) is 2. The Morgan fingerprint density at radius 1 is 1.52 bits per heavy atom. The number of aryl methyl sites for hydroxylation is 2. The highest BCUT2D eigenvalue weighted by Crippen LogP contribution is 2.24. The molecule has 2 N–H and O–H groups in total. The van der Waals surface area contributed by atoms with Crippen LogP contribution >= 0.6 is 11.8 Å². The quantitative estimate of drug-likeness (QED) is 0.606. The van der Waals surface area contributed by atoms with E-state index in [1.165, 1.54) is 25.0 Å². The third kappa shape index (κ3) is 3.48. The highest BCUT2D eigenvalue weighted by atomic mass is 32.2. The van der Waals surface area contributed by atoms with E-state index in [0.717, 1.165) is 18.8 Å². The van der Waals surface area contributed by atoms with E-state index < -0.39 is 11.7 Å². The molecule has 8 nitrogen and oxygen atoms in total. The van der Waals surface area contributed by atoms with E-state index in [1.54, 1.807) is 4.68 Å². The van der Waals surface area contributed by atoms with Gasteiger partial charge in [-0.25, -0.2) is 19.3 Å². The smallest absolute Gasteiger partial charge is 0.346 e. The van der Waals surface area contributed by atoms with Crippen molar-refractivity contribution in [3.8, 4) is 0 Å². The van der Waals surface area contributed by atoms with Gasteiger partial charge in [0.1, 0.15) is 22.7 Å². The molecule has 0 radical (unpaired) electrons. The van der Waals surface area contributed by atoms with Crippen molar-refractivity contribution in [3.05, 3.63) is 33.9 Å². The summed E-state index contributed by atoms with van der Waals surface area (Å²) in [6.07, 6.45) is 2.38. The van der Waals surface area contributed by atoms with Crippen LogP contribution in [0.15, 0.2) is 16.1 Å². The summed E-state index contributed by atoms with van der Waals surface area (Å²) in [6, 6.07) is 0. The number of nitrogens with zero attached hydrogens (tertiary/aromatic N) is 4. The third-order valence-corrected chi connectivity index (χ3v) is 3.74. The highest BCUT2D eigenvalue weighted by molar-refractivity contribution is 7.98. The molecule has 0 aliphatic rings. The van der Waals surface area contributed by atoms with E-state index >= 15 is 0 Å². The molecule has 0 atom stereocenters. The molecule has 112 valence electrons. The second-order valence-corrected chi connectivity index (χ2v) is 5.30. The first-order valence-electron chi connectivity index (χ1n) is 6.36. The summed E-state index contributed by atoms with van der Waals surface area (Å²) in [5.41, 5.74) is -0.254. The molecule has 0 amide bonds. The van der Waals surface area contributed by atoms with Crippen molar-refractivity contribution in [2.75, 3.05) is 0 Å². The fourth-order valence-corrected chi connectivity index (χ4v) is 2.87. The van der Waals surface area contributed by atoms with Gasteiger partial charge in [-0.1, -0.05) is 18.7 Å². The molecule has 2 aromatic heterocycles. The lowest BCUT2D eigenvalue weighted by molar-refractivity contribution is 0.0690. The summed E-state index contributed by atoms with van der Waals surface area (Å²) >= 11 is 1.17. The van der Waals surface area contributed by atoms with Crippen molar-refractivity contribution in [2.45, 2.75) is 37.6 Å². The summed E-state index contributed by atoms with van der Waals surface area (Å²) in [6.45, 7) is 4.31. The molecule has 2 rings (SSSR count). The Hall–Kier alpha value is -2.16. The summed E-state index contributed by atoms with van der Waals surface area (Å²) in [4.78, 5) is 33.0. The van der Waals surface area contributed by atoms with Gasteiger partial charge in [0.25, 0.3) is 0 Å². The Bertz CT molecular complexity index is 709. The number of carboxylic acid groups (broad SMARTS) is 1. The van der Waals surface area contributed by atoms with E-state index in [2.05, 4.69) is 20.1 Å². The summed E-state index contributed by atoms with van der Waals surface area (Å²) < 4.78 is 1.76. The van der Waals surface area contributed by atoms with Crippen molar-refractivity contribution < 1.29 is 9.90 Å². The minimum Gasteiger partial charge on any atom is -0.478 e. The van der Waals surface area contributed by atoms with Crippen molar-refractivity contribution in [1.29, 1.82) is 0 Å². The standard InChI is InChI=1S/C12H15N5O3S/c1-3-4-17-8(13-6-14-17)5-21-10-9(11(18)19)7(2)15-12(20)16-10/h6H,3-5H2,1-2H3,(H,18,19)(H,15,16,20). The molecular formula is C12H15N5O3S. The molecule has 0 fully saturated rings. The Morgan fingerprint density at radius 2 is 2.29 bits per heavy atom. The van der Waals surface area contributed by atoms with Gasteiger partial charge in [0.05, 0.1) is 5.75 Å². The number of nitrogens with one attached hydrogen (secondary N) is 1. The van der Waals surface area contributed by atoms with Crippen molar-refractivity contribution >= 4 is 17.7 Å². The average molecular weight is 309 g/mol. The number of aromatic nitrogens is 5. The number of thioether (sulfide) groups is 1. The van der Waals surface area contributed by atoms with Crippen LogP contribution in [0, 0.1) is 6.92 Å². The van der Waals surface area contributed by atoms with E-state index in [-0.39, 0.29) is 10.6 Å². The summed E-state index contributed by atoms with van der Waals surface area (Å²) in [7, 11) is 0. The van der Waals surface area contributed by atoms with Gasteiger partial charge in [-0.3, -0.25) is 0 Å². The van der Waals surface area contributed by atoms with Crippen LogP contribution < -0.4 is 5.69 Å². The van der Waals surface area contributed by atoms with Crippen LogP contribution in [0.5, 0.6) is 0 Å². The zero-order chi connectivity index (χ0) is 15.4.